The summed E-state index contributed by atoms with van der Waals surface area (Å²) < 4.78 is 27.8. The van der Waals surface area contributed by atoms with E-state index in [4.69, 9.17) is 0 Å². The minimum Gasteiger partial charge on any atom is -0.394 e. The number of nitrogens with one attached hydrogen (secondary N) is 4. The number of benzene rings is 2. The number of hydrogen-bond donors (Lipinski definition) is 14. The van der Waals surface area contributed by atoms with Crippen molar-refractivity contribution in [1.29, 1.82) is 0 Å². The predicted molar refractivity (Wildman–Crippen MR) is 288 cm³/mol. The fourth-order valence-corrected chi connectivity index (χ4v) is 16.1. The summed E-state index contributed by atoms with van der Waals surface area (Å²) in [7, 11) is -4.42. The van der Waals surface area contributed by atoms with Gasteiger partial charge >= 0.3 is 0 Å². The molecular formula is C36H46I6N6O18S. The van der Waals surface area contributed by atoms with E-state index in [9.17, 15) is 88.3 Å². The number of carbonyl (C=O) groups is 6. The highest BCUT2D eigenvalue weighted by Gasteiger charge is 2.35. The van der Waals surface area contributed by atoms with Gasteiger partial charge in [0.2, 0.25) is 0 Å². The lowest BCUT2D eigenvalue weighted by molar-refractivity contribution is -0.121. The number of sulfone groups is 1. The molecule has 0 radical (unpaired) electrons. The van der Waals surface area contributed by atoms with E-state index in [1.54, 1.807) is 136 Å². The van der Waals surface area contributed by atoms with E-state index in [1.807, 2.05) is 0 Å². The molecule has 0 bridgehead atoms. The summed E-state index contributed by atoms with van der Waals surface area (Å²) in [6.07, 6.45) is -5.55. The molecule has 24 nitrogen and oxygen atoms in total. The van der Waals surface area contributed by atoms with Crippen LogP contribution in [-0.2, 0) is 19.4 Å². The molecule has 2 rings (SSSR count). The van der Waals surface area contributed by atoms with Crippen LogP contribution in [-0.4, -0.2) is 210 Å². The lowest BCUT2D eigenvalue weighted by Crippen LogP contribution is -2.43. The number of halogens is 6. The van der Waals surface area contributed by atoms with E-state index in [0.717, 1.165) is 9.80 Å². The van der Waals surface area contributed by atoms with E-state index in [-0.39, 0.29) is 55.0 Å². The molecule has 0 fully saturated rings. The van der Waals surface area contributed by atoms with Crippen molar-refractivity contribution < 1.29 is 88.3 Å². The highest BCUT2D eigenvalue weighted by molar-refractivity contribution is 14.1. The van der Waals surface area contributed by atoms with Gasteiger partial charge in [0.25, 0.3) is 35.4 Å². The Hall–Kier alpha value is -0.810. The van der Waals surface area contributed by atoms with Crippen LogP contribution in [0.15, 0.2) is 0 Å². The van der Waals surface area contributed by atoms with Crippen LogP contribution in [0.4, 0.5) is 11.4 Å². The van der Waals surface area contributed by atoms with Gasteiger partial charge < -0.3 is 82.1 Å². The summed E-state index contributed by atoms with van der Waals surface area (Å²) in [5.74, 6) is -7.55. The molecule has 2 aromatic carbocycles. The largest absolute Gasteiger partial charge is 0.394 e. The standard InChI is InChI=1S/C36H46I6N6O18S/c37-25-21(33(61)43-5-15(55)9-49)27(39)31(28(40)22(25)34(62)44-6-16(56)10-50)47(19(59)13-53)1-3-67(65,66)4-2-48(20(60)14-54)32-29(41)23(35(63)45-7-17(57)11-51)26(38)24(30(32)42)36(64)46-8-18(58)12-52/h15-18,49-58H,1-14H2,(H,43,61)(H,44,62)(H,45,63)(H,46,64). The molecular weight excluding hydrogens is 1600 g/mol. The average Bonchev–Trinajstić information content (AvgIpc) is 3.29. The van der Waals surface area contributed by atoms with Crippen LogP contribution in [0.25, 0.3) is 0 Å². The molecule has 0 aliphatic carbocycles. The summed E-state index contributed by atoms with van der Waals surface area (Å²) in [6, 6.07) is 0. The zero-order chi connectivity index (χ0) is 51.1. The van der Waals surface area contributed by atoms with Gasteiger partial charge in [-0.25, -0.2) is 8.42 Å². The second-order valence-corrected chi connectivity index (χ2v) is 22.6. The van der Waals surface area contributed by atoms with Gasteiger partial charge in [0.05, 0.1) is 110 Å². The van der Waals surface area contributed by atoms with Crippen LogP contribution in [0.2, 0.25) is 0 Å². The number of aliphatic hydroxyl groups is 10. The molecule has 14 N–H and O–H groups in total. The Kier molecular flexibility index (Phi) is 27.6. The Balaban J connectivity index is 2.76. The van der Waals surface area contributed by atoms with E-state index < -0.39 is 160 Å². The highest BCUT2D eigenvalue weighted by Crippen LogP contribution is 2.40. The Morgan fingerprint density at radius 2 is 0.657 bits per heavy atom. The fourth-order valence-electron chi connectivity index (χ4n) is 5.48. The van der Waals surface area contributed by atoms with Crippen molar-refractivity contribution in [3.8, 4) is 0 Å². The van der Waals surface area contributed by atoms with Crippen LogP contribution >= 0.6 is 136 Å². The third kappa shape index (κ3) is 17.2. The molecule has 0 spiro atoms. The average molecular weight is 1640 g/mol. The smallest absolute Gasteiger partial charge is 0.253 e. The SMILES string of the molecule is O=C(NCC(O)CO)c1c(I)c(C(=O)NCC(O)CO)c(I)c(N(CCS(=O)(=O)CCN(C(=O)CO)c2c(I)c(C(=O)NCC(O)CO)c(I)c(C(=O)NCC(O)CO)c2I)C(=O)CO)c1I. The van der Waals surface area contributed by atoms with Crippen molar-refractivity contribution >= 4 is 192 Å². The van der Waals surface area contributed by atoms with Crippen molar-refractivity contribution in [3.63, 3.8) is 0 Å². The second kappa shape index (κ2) is 29.6. The van der Waals surface area contributed by atoms with Gasteiger partial charge in [-0.3, -0.25) is 28.8 Å². The number of carbonyl (C=O) groups excluding carboxylic acids is 6. The van der Waals surface area contributed by atoms with Crippen LogP contribution in [0.3, 0.4) is 0 Å². The van der Waals surface area contributed by atoms with E-state index in [1.165, 1.54) is 0 Å². The minimum absolute atomic E-state index is 0.00595. The van der Waals surface area contributed by atoms with E-state index in [0.29, 0.717) is 0 Å². The number of rotatable bonds is 26. The summed E-state index contributed by atoms with van der Waals surface area (Å²) in [5.41, 5.74) is -1.34. The number of anilines is 2. The molecule has 0 saturated heterocycles. The Labute approximate surface area is 464 Å². The first kappa shape index (κ1) is 62.3. The molecule has 0 saturated carbocycles. The van der Waals surface area contributed by atoms with E-state index >= 15 is 0 Å². The summed E-state index contributed by atoms with van der Waals surface area (Å²) in [4.78, 5) is 83.0. The van der Waals surface area contributed by atoms with E-state index in [2.05, 4.69) is 21.3 Å². The van der Waals surface area contributed by atoms with Crippen LogP contribution in [0.5, 0.6) is 0 Å². The molecule has 67 heavy (non-hydrogen) atoms. The summed E-state index contributed by atoms with van der Waals surface area (Å²) in [5, 5.41) is 106. The topological polar surface area (TPSA) is 393 Å². The lowest BCUT2D eigenvalue weighted by Gasteiger charge is -2.29. The molecule has 4 unspecified atom stereocenters. The van der Waals surface area contributed by atoms with Crippen LogP contribution in [0.1, 0.15) is 41.4 Å². The maximum atomic E-state index is 13.9. The van der Waals surface area contributed by atoms with Crippen molar-refractivity contribution in [1.82, 2.24) is 21.3 Å². The first-order valence-corrected chi connectivity index (χ1v) is 27.4. The third-order valence-electron chi connectivity index (χ3n) is 9.00. The van der Waals surface area contributed by atoms with Gasteiger partial charge in [0.15, 0.2) is 9.84 Å². The van der Waals surface area contributed by atoms with Crippen molar-refractivity contribution in [3.05, 3.63) is 43.7 Å². The van der Waals surface area contributed by atoms with Crippen molar-refractivity contribution in [2.24, 2.45) is 0 Å². The van der Waals surface area contributed by atoms with Gasteiger partial charge in [0.1, 0.15) is 13.2 Å². The number of aliphatic hydroxyl groups excluding tert-OH is 10. The summed E-state index contributed by atoms with van der Waals surface area (Å²) in [6.45, 7) is -8.54. The first-order chi connectivity index (χ1) is 31.4. The third-order valence-corrected chi connectivity index (χ3v) is 17.0. The quantitative estimate of drug-likeness (QED) is 0.0405. The monoisotopic (exact) mass is 1640 g/mol. The molecule has 2 aromatic rings. The molecule has 0 heterocycles. The Bertz CT molecular complexity index is 2010. The minimum atomic E-state index is -4.42. The zero-order valence-electron chi connectivity index (χ0n) is 34.5. The predicted octanol–water partition coefficient (Wildman–Crippen LogP) is -3.59. The molecule has 31 heteroatoms. The molecule has 0 aliphatic rings. The first-order valence-electron chi connectivity index (χ1n) is 19.1. The molecule has 0 aliphatic heterocycles. The van der Waals surface area contributed by atoms with Gasteiger partial charge in [0, 0.05) is 46.4 Å². The molecule has 0 aromatic heterocycles. The van der Waals surface area contributed by atoms with Gasteiger partial charge in [-0.2, -0.15) is 0 Å². The van der Waals surface area contributed by atoms with Gasteiger partial charge in [-0.15, -0.1) is 0 Å². The maximum absolute atomic E-state index is 13.9. The van der Waals surface area contributed by atoms with Crippen molar-refractivity contribution in [2.75, 3.05) is 100 Å². The molecule has 6 amide bonds. The highest BCUT2D eigenvalue weighted by atomic mass is 127. The maximum Gasteiger partial charge on any atom is 0.253 e. The molecule has 376 valence electrons. The zero-order valence-corrected chi connectivity index (χ0v) is 48.3. The van der Waals surface area contributed by atoms with Gasteiger partial charge in [-0.1, -0.05) is 0 Å². The van der Waals surface area contributed by atoms with Crippen LogP contribution < -0.4 is 31.1 Å². The van der Waals surface area contributed by atoms with Crippen LogP contribution in [0, 0.1) is 21.4 Å². The normalized spacial score (nSPS) is 13.3. The second-order valence-electron chi connectivity index (χ2n) is 13.8. The number of nitrogens with zero attached hydrogens (tertiary/aromatic N) is 2. The Morgan fingerprint density at radius 1 is 0.433 bits per heavy atom. The Morgan fingerprint density at radius 3 is 0.851 bits per heavy atom. The summed E-state index contributed by atoms with van der Waals surface area (Å²) >= 11 is 10.1. The molecule has 4 atom stereocenters. The number of amides is 6. The van der Waals surface area contributed by atoms with Crippen molar-refractivity contribution in [2.45, 2.75) is 24.4 Å². The number of hydrogen-bond acceptors (Lipinski definition) is 18. The lowest BCUT2D eigenvalue weighted by atomic mass is 10.1. The fraction of sp³-hybridized carbons (Fsp3) is 0.500. The van der Waals surface area contributed by atoms with Gasteiger partial charge in [-0.05, 0) is 136 Å².